The molecule has 0 bridgehead atoms. The van der Waals surface area contributed by atoms with Gasteiger partial charge in [-0.05, 0) is 89.9 Å². The van der Waals surface area contributed by atoms with Gasteiger partial charge in [0.2, 0.25) is 0 Å². The third-order valence-corrected chi connectivity index (χ3v) is 13.2. The number of hydrogen-bond acceptors (Lipinski definition) is 6. The Morgan fingerprint density at radius 1 is 0.296 bits per heavy atom. The monoisotopic (exact) mass is 991 g/mol. The minimum absolute atomic E-state index is 0.0813. The number of carbonyl (C=O) groups excluding carboxylic acids is 3. The van der Waals surface area contributed by atoms with Gasteiger partial charge in [-0.25, -0.2) is 0 Å². The van der Waals surface area contributed by atoms with E-state index in [1.165, 1.54) is 161 Å². The predicted octanol–water partition coefficient (Wildman–Crippen LogP) is 20.5. The maximum atomic E-state index is 12.9. The molecule has 0 heterocycles. The van der Waals surface area contributed by atoms with Crippen molar-refractivity contribution in [3.8, 4) is 0 Å². The number of allylic oxidation sites excluding steroid dienone is 12. The molecule has 0 aliphatic carbocycles. The van der Waals surface area contributed by atoms with E-state index in [0.29, 0.717) is 19.3 Å². The van der Waals surface area contributed by atoms with E-state index in [9.17, 15) is 14.4 Å². The molecule has 71 heavy (non-hydrogen) atoms. The van der Waals surface area contributed by atoms with Crippen LogP contribution in [0.5, 0.6) is 0 Å². The quantitative estimate of drug-likeness (QED) is 0.0261. The third-order valence-electron chi connectivity index (χ3n) is 13.2. The van der Waals surface area contributed by atoms with Crippen molar-refractivity contribution >= 4 is 17.9 Å². The van der Waals surface area contributed by atoms with Gasteiger partial charge in [-0.15, -0.1) is 0 Å². The molecule has 0 aromatic carbocycles. The van der Waals surface area contributed by atoms with Crippen LogP contribution < -0.4 is 0 Å². The number of hydrogen-bond donors (Lipinski definition) is 0. The molecule has 0 fully saturated rings. The van der Waals surface area contributed by atoms with E-state index in [-0.39, 0.29) is 31.1 Å². The topological polar surface area (TPSA) is 78.9 Å². The number of carbonyl (C=O) groups is 3. The smallest absolute Gasteiger partial charge is 0.306 e. The molecule has 0 radical (unpaired) electrons. The fourth-order valence-corrected chi connectivity index (χ4v) is 8.64. The SMILES string of the molecule is CC/C=C\C/C=C\C/C=C\CCCCCCCCCC(=O)OC(COC(=O)CCCCCCCC/C=C\C/C=C\C/C=C\CCCCC)COC(=O)CCCCCCCCCCCCCCCCCCC. The lowest BCUT2D eigenvalue weighted by atomic mass is 10.0. The van der Waals surface area contributed by atoms with Gasteiger partial charge in [0.1, 0.15) is 13.2 Å². The van der Waals surface area contributed by atoms with E-state index >= 15 is 0 Å². The van der Waals surface area contributed by atoms with E-state index in [2.05, 4.69) is 93.7 Å². The zero-order chi connectivity index (χ0) is 51.4. The van der Waals surface area contributed by atoms with E-state index in [0.717, 1.165) is 103 Å². The summed E-state index contributed by atoms with van der Waals surface area (Å²) < 4.78 is 16.9. The van der Waals surface area contributed by atoms with E-state index in [1.807, 2.05) is 0 Å². The van der Waals surface area contributed by atoms with Gasteiger partial charge in [0.15, 0.2) is 6.10 Å². The van der Waals surface area contributed by atoms with Crippen LogP contribution in [0.25, 0.3) is 0 Å². The van der Waals surface area contributed by atoms with Gasteiger partial charge in [0, 0.05) is 19.3 Å². The minimum Gasteiger partial charge on any atom is -0.462 e. The molecule has 0 aliphatic heterocycles. The van der Waals surface area contributed by atoms with Crippen molar-refractivity contribution in [2.75, 3.05) is 13.2 Å². The first-order valence-corrected chi connectivity index (χ1v) is 30.4. The second-order valence-electron chi connectivity index (χ2n) is 20.2. The lowest BCUT2D eigenvalue weighted by molar-refractivity contribution is -0.167. The van der Waals surface area contributed by atoms with Gasteiger partial charge in [0.05, 0.1) is 0 Å². The average molecular weight is 992 g/mol. The minimum atomic E-state index is -0.786. The molecule has 0 aromatic rings. The van der Waals surface area contributed by atoms with Gasteiger partial charge in [0.25, 0.3) is 0 Å². The summed E-state index contributed by atoms with van der Waals surface area (Å²) in [4.78, 5) is 38.3. The van der Waals surface area contributed by atoms with E-state index in [4.69, 9.17) is 14.2 Å². The number of ether oxygens (including phenoxy) is 3. The molecule has 0 amide bonds. The Labute approximate surface area is 440 Å². The van der Waals surface area contributed by atoms with Crippen LogP contribution in [0, 0.1) is 0 Å². The van der Waals surface area contributed by atoms with Crippen molar-refractivity contribution in [1.82, 2.24) is 0 Å². The Morgan fingerprint density at radius 2 is 0.549 bits per heavy atom. The zero-order valence-corrected chi connectivity index (χ0v) is 47.0. The summed E-state index contributed by atoms with van der Waals surface area (Å²) in [6, 6.07) is 0. The van der Waals surface area contributed by atoms with Crippen LogP contribution in [-0.2, 0) is 28.6 Å². The van der Waals surface area contributed by atoms with Crippen molar-refractivity contribution < 1.29 is 28.6 Å². The van der Waals surface area contributed by atoms with Crippen LogP contribution in [0.3, 0.4) is 0 Å². The average Bonchev–Trinajstić information content (AvgIpc) is 3.37. The Balaban J connectivity index is 4.40. The third kappa shape index (κ3) is 57.6. The largest absolute Gasteiger partial charge is 0.462 e. The second kappa shape index (κ2) is 59.4. The molecule has 0 aliphatic rings. The van der Waals surface area contributed by atoms with E-state index < -0.39 is 6.10 Å². The fourth-order valence-electron chi connectivity index (χ4n) is 8.64. The van der Waals surface area contributed by atoms with Crippen molar-refractivity contribution in [3.05, 3.63) is 72.9 Å². The van der Waals surface area contributed by atoms with Crippen LogP contribution in [-0.4, -0.2) is 37.2 Å². The molecule has 0 saturated heterocycles. The Hall–Kier alpha value is -3.15. The Kier molecular flexibility index (Phi) is 56.8. The first-order valence-electron chi connectivity index (χ1n) is 30.4. The normalized spacial score (nSPS) is 12.5. The van der Waals surface area contributed by atoms with Crippen molar-refractivity contribution in [2.45, 2.75) is 309 Å². The first kappa shape index (κ1) is 67.8. The van der Waals surface area contributed by atoms with Gasteiger partial charge in [-0.2, -0.15) is 0 Å². The highest BCUT2D eigenvalue weighted by atomic mass is 16.6. The van der Waals surface area contributed by atoms with Crippen molar-refractivity contribution in [1.29, 1.82) is 0 Å². The summed E-state index contributed by atoms with van der Waals surface area (Å²) >= 11 is 0. The summed E-state index contributed by atoms with van der Waals surface area (Å²) in [6.45, 7) is 6.52. The number of unbranched alkanes of at least 4 members (excludes halogenated alkanes) is 32. The highest BCUT2D eigenvalue weighted by Crippen LogP contribution is 2.16. The van der Waals surface area contributed by atoms with Crippen LogP contribution in [0.4, 0.5) is 0 Å². The molecule has 0 aromatic heterocycles. The Morgan fingerprint density at radius 3 is 0.887 bits per heavy atom. The van der Waals surface area contributed by atoms with Crippen LogP contribution in [0.1, 0.15) is 303 Å². The van der Waals surface area contributed by atoms with Crippen LogP contribution >= 0.6 is 0 Å². The summed E-state index contributed by atoms with van der Waals surface area (Å²) in [5.74, 6) is -0.891. The molecule has 0 rings (SSSR count). The molecule has 1 unspecified atom stereocenters. The first-order chi connectivity index (χ1) is 35.0. The predicted molar refractivity (Wildman–Crippen MR) is 307 cm³/mol. The maximum Gasteiger partial charge on any atom is 0.306 e. The van der Waals surface area contributed by atoms with E-state index in [1.54, 1.807) is 0 Å². The molecule has 0 N–H and O–H groups in total. The second-order valence-corrected chi connectivity index (χ2v) is 20.2. The fraction of sp³-hybridized carbons (Fsp3) is 0.769. The molecular weight excluding hydrogens is 877 g/mol. The van der Waals surface area contributed by atoms with Gasteiger partial charge in [-0.1, -0.05) is 267 Å². The molecule has 6 heteroatoms. The highest BCUT2D eigenvalue weighted by Gasteiger charge is 2.19. The van der Waals surface area contributed by atoms with Crippen molar-refractivity contribution in [3.63, 3.8) is 0 Å². The maximum absolute atomic E-state index is 12.9. The molecule has 1 atom stereocenters. The summed E-state index contributed by atoms with van der Waals surface area (Å²) in [7, 11) is 0. The zero-order valence-electron chi connectivity index (χ0n) is 47.0. The summed E-state index contributed by atoms with van der Waals surface area (Å²) in [5.41, 5.74) is 0. The highest BCUT2D eigenvalue weighted by molar-refractivity contribution is 5.71. The Bertz CT molecular complexity index is 1320. The molecular formula is C65H114O6. The van der Waals surface area contributed by atoms with Gasteiger partial charge < -0.3 is 14.2 Å². The summed E-state index contributed by atoms with van der Waals surface area (Å²) in [6.07, 6.45) is 76.0. The lowest BCUT2D eigenvalue weighted by Crippen LogP contribution is -2.30. The molecule has 410 valence electrons. The number of esters is 3. The summed E-state index contributed by atoms with van der Waals surface area (Å²) in [5, 5.41) is 0. The standard InChI is InChI=1S/C65H114O6/c1-4-7-10-13-16-19-22-25-28-31-32-35-37-40-43-46-49-52-55-58-64(67)70-61-62(71-65(68)59-56-53-50-47-44-41-38-34-30-27-24-21-18-15-12-9-6-3)60-69-63(66)57-54-51-48-45-42-39-36-33-29-26-23-20-17-14-11-8-5-2/h9,12,16,18-19,21,25,27-28,30,32,35,62H,4-8,10-11,13-15,17,20,22-24,26,29,31,33-34,36-61H2,1-3H3/b12-9-,19-16-,21-18-,28-25-,30-27-,35-32-. The van der Waals surface area contributed by atoms with Crippen LogP contribution in [0.15, 0.2) is 72.9 Å². The van der Waals surface area contributed by atoms with Crippen LogP contribution in [0.2, 0.25) is 0 Å². The number of rotatable bonds is 55. The molecule has 6 nitrogen and oxygen atoms in total. The lowest BCUT2D eigenvalue weighted by Gasteiger charge is -2.18. The molecule has 0 spiro atoms. The van der Waals surface area contributed by atoms with Crippen molar-refractivity contribution in [2.24, 2.45) is 0 Å². The van der Waals surface area contributed by atoms with Gasteiger partial charge in [-0.3, -0.25) is 14.4 Å². The van der Waals surface area contributed by atoms with Gasteiger partial charge >= 0.3 is 17.9 Å². The molecule has 0 saturated carbocycles.